The van der Waals surface area contributed by atoms with Gasteiger partial charge in [-0.25, -0.2) is 9.18 Å². The number of thiophene rings is 1. The molecule has 0 radical (unpaired) electrons. The zero-order valence-electron chi connectivity index (χ0n) is 12.0. The third-order valence-corrected chi connectivity index (χ3v) is 5.31. The van der Waals surface area contributed by atoms with Crippen LogP contribution in [0.3, 0.4) is 0 Å². The first kappa shape index (κ1) is 16.3. The summed E-state index contributed by atoms with van der Waals surface area (Å²) < 4.78 is 14.7. The van der Waals surface area contributed by atoms with Crippen molar-refractivity contribution in [3.8, 4) is 0 Å². The smallest absolute Gasteiger partial charge is 0.346 e. The number of fused-ring (bicyclic) bond motifs is 1. The number of carboxylic acids is 1. The van der Waals surface area contributed by atoms with Crippen LogP contribution in [0.15, 0.2) is 18.2 Å². The molecule has 2 rings (SSSR count). The van der Waals surface area contributed by atoms with Crippen LogP contribution >= 0.6 is 23.1 Å². The summed E-state index contributed by atoms with van der Waals surface area (Å²) in [6.07, 6.45) is 2.99. The molecule has 0 aliphatic carbocycles. The highest BCUT2D eigenvalue weighted by Gasteiger charge is 2.20. The molecule has 6 heteroatoms. The van der Waals surface area contributed by atoms with Gasteiger partial charge in [-0.05, 0) is 24.8 Å². The molecule has 1 aromatic heterocycles. The van der Waals surface area contributed by atoms with Crippen molar-refractivity contribution in [1.29, 1.82) is 0 Å². The lowest BCUT2D eigenvalue weighted by Crippen LogP contribution is -2.30. The third-order valence-electron chi connectivity index (χ3n) is 3.39. The van der Waals surface area contributed by atoms with Gasteiger partial charge in [-0.1, -0.05) is 13.0 Å². The second kappa shape index (κ2) is 7.24. The summed E-state index contributed by atoms with van der Waals surface area (Å²) in [5, 5.41) is 13.1. The van der Waals surface area contributed by atoms with E-state index in [1.54, 1.807) is 23.9 Å². The molecule has 2 aromatic rings. The van der Waals surface area contributed by atoms with Crippen LogP contribution < -0.4 is 5.32 Å². The lowest BCUT2D eigenvalue weighted by atomic mass is 10.1. The van der Waals surface area contributed by atoms with E-state index in [0.717, 1.165) is 23.5 Å². The second-order valence-electron chi connectivity index (χ2n) is 4.77. The summed E-state index contributed by atoms with van der Waals surface area (Å²) in [7, 11) is 0. The number of rotatable bonds is 7. The van der Waals surface area contributed by atoms with Crippen LogP contribution in [0.1, 0.15) is 28.6 Å². The number of nitrogens with one attached hydrogen (secondary N) is 1. The summed E-state index contributed by atoms with van der Waals surface area (Å²) >= 11 is 2.87. The highest BCUT2D eigenvalue weighted by molar-refractivity contribution is 7.98. The fourth-order valence-electron chi connectivity index (χ4n) is 2.28. The Kier molecular flexibility index (Phi) is 5.61. The molecule has 114 valence electrons. The van der Waals surface area contributed by atoms with Crippen LogP contribution in [-0.4, -0.2) is 29.1 Å². The summed E-state index contributed by atoms with van der Waals surface area (Å²) in [6, 6.07) is 5.05. The normalized spacial score (nSPS) is 12.7. The number of halogens is 1. The first-order valence-corrected chi connectivity index (χ1v) is 8.95. The lowest BCUT2D eigenvalue weighted by Gasteiger charge is -2.15. The van der Waals surface area contributed by atoms with E-state index in [1.165, 1.54) is 6.07 Å². The molecule has 0 fully saturated rings. The minimum Gasteiger partial charge on any atom is -0.477 e. The average molecular weight is 327 g/mol. The summed E-state index contributed by atoms with van der Waals surface area (Å²) in [5.74, 6) is -0.403. The molecular formula is C15H18FNO2S2. The zero-order chi connectivity index (χ0) is 15.4. The summed E-state index contributed by atoms with van der Waals surface area (Å²) in [5.41, 5.74) is 0.556. The Morgan fingerprint density at radius 1 is 1.52 bits per heavy atom. The Bertz CT molecular complexity index is 642. The quantitative estimate of drug-likeness (QED) is 0.808. The number of benzene rings is 1. The monoisotopic (exact) mass is 327 g/mol. The molecule has 1 heterocycles. The number of carboxylic acid groups (broad SMARTS) is 1. The molecule has 0 saturated carbocycles. The molecule has 0 spiro atoms. The van der Waals surface area contributed by atoms with Crippen LogP contribution in [0, 0.1) is 5.82 Å². The molecule has 0 aliphatic rings. The van der Waals surface area contributed by atoms with Gasteiger partial charge in [0.15, 0.2) is 0 Å². The molecular weight excluding hydrogens is 309 g/mol. The Morgan fingerprint density at radius 2 is 2.29 bits per heavy atom. The van der Waals surface area contributed by atoms with Crippen LogP contribution in [0.4, 0.5) is 4.39 Å². The first-order valence-electron chi connectivity index (χ1n) is 6.74. The fourth-order valence-corrected chi connectivity index (χ4v) is 4.11. The zero-order valence-corrected chi connectivity index (χ0v) is 13.6. The predicted molar refractivity (Wildman–Crippen MR) is 88.0 cm³/mol. The van der Waals surface area contributed by atoms with E-state index in [2.05, 4.69) is 12.2 Å². The Balaban J connectivity index is 2.36. The molecule has 1 unspecified atom stereocenters. The number of hydrogen-bond donors (Lipinski definition) is 2. The van der Waals surface area contributed by atoms with E-state index in [-0.39, 0.29) is 10.7 Å². The highest BCUT2D eigenvalue weighted by Crippen LogP contribution is 2.33. The van der Waals surface area contributed by atoms with E-state index in [9.17, 15) is 14.3 Å². The predicted octanol–water partition coefficient (Wildman–Crippen LogP) is 3.97. The van der Waals surface area contributed by atoms with Gasteiger partial charge in [0.2, 0.25) is 0 Å². The number of hydrogen-bond acceptors (Lipinski definition) is 4. The maximum atomic E-state index is 14.1. The summed E-state index contributed by atoms with van der Waals surface area (Å²) in [6.45, 7) is 2.46. The Labute approximate surface area is 131 Å². The average Bonchev–Trinajstić information content (AvgIpc) is 2.84. The summed E-state index contributed by atoms with van der Waals surface area (Å²) in [4.78, 5) is 11.6. The Morgan fingerprint density at radius 3 is 2.90 bits per heavy atom. The van der Waals surface area contributed by atoms with Crippen molar-refractivity contribution in [2.75, 3.05) is 12.0 Å². The fraction of sp³-hybridized carbons (Fsp3) is 0.400. The van der Waals surface area contributed by atoms with Crippen molar-refractivity contribution >= 4 is 39.2 Å². The van der Waals surface area contributed by atoms with Gasteiger partial charge in [0.1, 0.15) is 10.7 Å². The molecule has 1 atom stereocenters. The van der Waals surface area contributed by atoms with Crippen LogP contribution in [-0.2, 0) is 6.54 Å². The first-order chi connectivity index (χ1) is 10.1. The van der Waals surface area contributed by atoms with Gasteiger partial charge in [-0.15, -0.1) is 11.3 Å². The molecule has 0 aliphatic heterocycles. The number of thioether (sulfide) groups is 1. The van der Waals surface area contributed by atoms with Gasteiger partial charge >= 0.3 is 5.97 Å². The van der Waals surface area contributed by atoms with Gasteiger partial charge < -0.3 is 10.4 Å². The van der Waals surface area contributed by atoms with Crippen molar-refractivity contribution in [3.63, 3.8) is 0 Å². The number of aromatic carboxylic acids is 1. The molecule has 0 bridgehead atoms. The molecule has 3 nitrogen and oxygen atoms in total. The highest BCUT2D eigenvalue weighted by atomic mass is 32.2. The van der Waals surface area contributed by atoms with Crippen molar-refractivity contribution in [2.24, 2.45) is 0 Å². The van der Waals surface area contributed by atoms with E-state index < -0.39 is 5.97 Å². The molecule has 0 saturated heterocycles. The van der Waals surface area contributed by atoms with Gasteiger partial charge in [-0.3, -0.25) is 0 Å². The third kappa shape index (κ3) is 3.56. The van der Waals surface area contributed by atoms with E-state index in [1.807, 2.05) is 6.26 Å². The van der Waals surface area contributed by atoms with Gasteiger partial charge in [0.05, 0.1) is 0 Å². The van der Waals surface area contributed by atoms with Crippen molar-refractivity contribution in [3.05, 3.63) is 34.5 Å². The largest absolute Gasteiger partial charge is 0.477 e. The van der Waals surface area contributed by atoms with Crippen molar-refractivity contribution < 1.29 is 14.3 Å². The minimum atomic E-state index is -0.995. The van der Waals surface area contributed by atoms with E-state index in [4.69, 9.17) is 0 Å². The molecule has 0 amide bonds. The Hall–Kier alpha value is -1.11. The molecule has 1 aromatic carbocycles. The van der Waals surface area contributed by atoms with Gasteiger partial charge in [-0.2, -0.15) is 11.8 Å². The topological polar surface area (TPSA) is 49.3 Å². The maximum Gasteiger partial charge on any atom is 0.346 e. The molecule has 2 N–H and O–H groups in total. The second-order valence-corrected chi connectivity index (χ2v) is 6.73. The van der Waals surface area contributed by atoms with Crippen LogP contribution in [0.5, 0.6) is 0 Å². The minimum absolute atomic E-state index is 0.224. The van der Waals surface area contributed by atoms with Crippen LogP contribution in [0.2, 0.25) is 0 Å². The van der Waals surface area contributed by atoms with Crippen molar-refractivity contribution in [2.45, 2.75) is 25.9 Å². The SMILES string of the molecule is CCC(CSC)NCc1c(C(=O)O)sc2cccc(F)c12. The maximum absolute atomic E-state index is 14.1. The standard InChI is InChI=1S/C15H18FNO2S2/c1-3-9(8-20-2)17-7-10-13-11(16)5-4-6-12(13)21-14(10)15(18)19/h4-6,9,17H,3,7-8H2,1-2H3,(H,18,19). The van der Waals surface area contributed by atoms with E-state index >= 15 is 0 Å². The lowest BCUT2D eigenvalue weighted by molar-refractivity contribution is 0.0701. The van der Waals surface area contributed by atoms with Gasteiger partial charge in [0, 0.05) is 34.0 Å². The molecule has 21 heavy (non-hydrogen) atoms. The van der Waals surface area contributed by atoms with E-state index in [0.29, 0.717) is 28.2 Å². The van der Waals surface area contributed by atoms with Gasteiger partial charge in [0.25, 0.3) is 0 Å². The number of carbonyl (C=O) groups is 1. The van der Waals surface area contributed by atoms with Crippen LogP contribution in [0.25, 0.3) is 10.1 Å². The van der Waals surface area contributed by atoms with Crippen molar-refractivity contribution in [1.82, 2.24) is 5.32 Å².